The van der Waals surface area contributed by atoms with E-state index in [1.54, 1.807) is 7.05 Å². The number of likely N-dealkylation sites (tertiary alicyclic amines) is 1. The molecular formula is C13H21N3O5. The van der Waals surface area contributed by atoms with Gasteiger partial charge in [-0.15, -0.1) is 0 Å². The lowest BCUT2D eigenvalue weighted by molar-refractivity contribution is -0.126. The molecule has 2 rings (SSSR count). The summed E-state index contributed by atoms with van der Waals surface area (Å²) in [7, 11) is 3.30. The Hall–Kier alpha value is -1.48. The Morgan fingerprint density at radius 3 is 2.76 bits per heavy atom. The molecule has 0 bridgehead atoms. The number of piperidine rings is 1. The van der Waals surface area contributed by atoms with Gasteiger partial charge in [0.25, 0.3) is 5.56 Å². The van der Waals surface area contributed by atoms with Gasteiger partial charge in [-0.05, 0) is 13.5 Å². The van der Waals surface area contributed by atoms with Crippen LogP contribution in [0.25, 0.3) is 0 Å². The maximum Gasteiger partial charge on any atom is 0.325 e. The average molecular weight is 299 g/mol. The van der Waals surface area contributed by atoms with E-state index in [1.807, 2.05) is 4.90 Å². The molecule has 8 nitrogen and oxygen atoms in total. The van der Waals surface area contributed by atoms with Gasteiger partial charge in [-0.25, -0.2) is 4.79 Å². The van der Waals surface area contributed by atoms with Crippen molar-refractivity contribution in [2.24, 2.45) is 5.92 Å². The molecule has 2 heterocycles. The van der Waals surface area contributed by atoms with Crippen LogP contribution in [-0.4, -0.2) is 70.6 Å². The van der Waals surface area contributed by atoms with Crippen LogP contribution >= 0.6 is 0 Å². The fourth-order valence-corrected chi connectivity index (χ4v) is 3.00. The highest BCUT2D eigenvalue weighted by Crippen LogP contribution is 2.26. The number of nitrogens with zero attached hydrogens (tertiary/aromatic N) is 1. The normalized spacial score (nSPS) is 30.5. The van der Waals surface area contributed by atoms with Gasteiger partial charge in [-0.3, -0.25) is 14.7 Å². The number of H-pyrrole nitrogens is 2. The number of aromatic amines is 2. The number of hydrogen-bond donors (Lipinski definition) is 4. The molecule has 1 aliphatic rings. The van der Waals surface area contributed by atoms with Crippen LogP contribution in [0, 0.1) is 5.92 Å². The van der Waals surface area contributed by atoms with Gasteiger partial charge in [-0.1, -0.05) is 0 Å². The molecule has 1 aliphatic heterocycles. The van der Waals surface area contributed by atoms with Crippen molar-refractivity contribution in [1.82, 2.24) is 14.9 Å². The van der Waals surface area contributed by atoms with Gasteiger partial charge in [0.15, 0.2) is 0 Å². The number of aliphatic hydroxyl groups is 2. The van der Waals surface area contributed by atoms with Gasteiger partial charge in [0.1, 0.15) is 0 Å². The third kappa shape index (κ3) is 3.24. The minimum absolute atomic E-state index is 0.121. The standard InChI is InChI=1S/C13H21N3O5/c1-16-5-8(11(21-2)10(18)9(16)6-17)3-7-4-14-13(20)15-12(7)19/h4,8-11,17-18H,3,5-6H2,1-2H3,(H2,14,15,19,20)/t8-,9-,10-,11-/m1/s1. The van der Waals surface area contributed by atoms with Crippen LogP contribution in [0.2, 0.25) is 0 Å². The van der Waals surface area contributed by atoms with Gasteiger partial charge >= 0.3 is 5.69 Å². The van der Waals surface area contributed by atoms with Crippen molar-refractivity contribution in [3.63, 3.8) is 0 Å². The van der Waals surface area contributed by atoms with Crippen LogP contribution in [0.15, 0.2) is 15.8 Å². The third-order valence-electron chi connectivity index (χ3n) is 4.12. The number of aromatic nitrogens is 2. The summed E-state index contributed by atoms with van der Waals surface area (Å²) in [5.41, 5.74) is -0.548. The van der Waals surface area contributed by atoms with Crippen molar-refractivity contribution in [2.45, 2.75) is 24.7 Å². The highest BCUT2D eigenvalue weighted by molar-refractivity contribution is 5.07. The monoisotopic (exact) mass is 299 g/mol. The molecular weight excluding hydrogens is 278 g/mol. The zero-order valence-electron chi connectivity index (χ0n) is 12.1. The van der Waals surface area contributed by atoms with Gasteiger partial charge < -0.3 is 19.9 Å². The van der Waals surface area contributed by atoms with Gasteiger partial charge in [0.2, 0.25) is 0 Å². The molecule has 0 aliphatic carbocycles. The van der Waals surface area contributed by atoms with Crippen molar-refractivity contribution in [2.75, 3.05) is 27.3 Å². The van der Waals surface area contributed by atoms with Gasteiger partial charge in [0.05, 0.1) is 24.9 Å². The summed E-state index contributed by atoms with van der Waals surface area (Å²) >= 11 is 0. The molecule has 0 spiro atoms. The number of methoxy groups -OCH3 is 1. The van der Waals surface area contributed by atoms with E-state index in [0.717, 1.165) is 0 Å². The molecule has 0 radical (unpaired) electrons. The number of rotatable bonds is 4. The van der Waals surface area contributed by atoms with Crippen LogP contribution in [-0.2, 0) is 11.2 Å². The van der Waals surface area contributed by atoms with E-state index in [4.69, 9.17) is 4.74 Å². The summed E-state index contributed by atoms with van der Waals surface area (Å²) in [6.45, 7) is 0.406. The van der Waals surface area contributed by atoms with E-state index >= 15 is 0 Å². The molecule has 0 aromatic carbocycles. The van der Waals surface area contributed by atoms with Gasteiger partial charge in [-0.2, -0.15) is 0 Å². The van der Waals surface area contributed by atoms with Crippen LogP contribution < -0.4 is 11.2 Å². The van der Waals surface area contributed by atoms with Crippen molar-refractivity contribution >= 4 is 0 Å². The fraction of sp³-hybridized carbons (Fsp3) is 0.692. The molecule has 1 aromatic heterocycles. The Morgan fingerprint density at radius 1 is 1.48 bits per heavy atom. The number of likely N-dealkylation sites (N-methyl/N-ethyl adjacent to an activating group) is 1. The van der Waals surface area contributed by atoms with E-state index in [2.05, 4.69) is 9.97 Å². The highest BCUT2D eigenvalue weighted by Gasteiger charge is 2.41. The highest BCUT2D eigenvalue weighted by atomic mass is 16.5. The summed E-state index contributed by atoms with van der Waals surface area (Å²) < 4.78 is 5.36. The molecule has 0 saturated carbocycles. The first-order chi connectivity index (χ1) is 9.97. The van der Waals surface area contributed by atoms with Crippen molar-refractivity contribution in [1.29, 1.82) is 0 Å². The van der Waals surface area contributed by atoms with Crippen molar-refractivity contribution in [3.05, 3.63) is 32.6 Å². The molecule has 1 saturated heterocycles. The minimum Gasteiger partial charge on any atom is -0.395 e. The quantitative estimate of drug-likeness (QED) is 0.506. The first kappa shape index (κ1) is 15.9. The summed E-state index contributed by atoms with van der Waals surface area (Å²) in [6.07, 6.45) is 0.429. The number of ether oxygens (including phenoxy) is 1. The molecule has 1 fully saturated rings. The Morgan fingerprint density at radius 2 is 2.19 bits per heavy atom. The predicted octanol–water partition coefficient (Wildman–Crippen LogP) is -2.10. The zero-order valence-corrected chi connectivity index (χ0v) is 12.1. The second-order valence-electron chi connectivity index (χ2n) is 5.44. The Labute approximate surface area is 121 Å². The van der Waals surface area contributed by atoms with Crippen LogP contribution in [0.1, 0.15) is 5.56 Å². The Bertz CT molecular complexity index is 584. The molecule has 0 amide bonds. The van der Waals surface area contributed by atoms with Crippen molar-refractivity contribution in [3.8, 4) is 0 Å². The lowest BCUT2D eigenvalue weighted by Crippen LogP contribution is -2.60. The number of hydrogen-bond acceptors (Lipinski definition) is 6. The van der Waals surface area contributed by atoms with E-state index in [1.165, 1.54) is 13.3 Å². The van der Waals surface area contributed by atoms with Crippen LogP contribution in [0.5, 0.6) is 0 Å². The fourth-order valence-electron chi connectivity index (χ4n) is 3.00. The SMILES string of the molecule is CO[C@@H]1[C@H](Cc2c[nH]c(=O)[nH]c2=O)CN(C)[C@H](CO)[C@H]1O. The largest absolute Gasteiger partial charge is 0.395 e. The molecule has 21 heavy (non-hydrogen) atoms. The summed E-state index contributed by atoms with van der Waals surface area (Å²) in [5.74, 6) is -0.121. The summed E-state index contributed by atoms with van der Waals surface area (Å²) in [5, 5.41) is 19.6. The summed E-state index contributed by atoms with van der Waals surface area (Å²) in [6, 6.07) is -0.389. The lowest BCUT2D eigenvalue weighted by atomic mass is 9.84. The first-order valence-corrected chi connectivity index (χ1v) is 6.80. The number of aliphatic hydroxyl groups excluding tert-OH is 2. The Kier molecular flexibility index (Phi) is 4.94. The van der Waals surface area contributed by atoms with Crippen LogP contribution in [0.4, 0.5) is 0 Å². The van der Waals surface area contributed by atoms with E-state index in [0.29, 0.717) is 18.5 Å². The topological polar surface area (TPSA) is 119 Å². The molecule has 4 N–H and O–H groups in total. The van der Waals surface area contributed by atoms with E-state index in [-0.39, 0.29) is 18.6 Å². The van der Waals surface area contributed by atoms with Gasteiger partial charge in [0, 0.05) is 31.3 Å². The molecule has 0 unspecified atom stereocenters. The maximum atomic E-state index is 11.8. The molecule has 8 heteroatoms. The lowest BCUT2D eigenvalue weighted by Gasteiger charge is -2.44. The van der Waals surface area contributed by atoms with E-state index in [9.17, 15) is 19.8 Å². The second-order valence-corrected chi connectivity index (χ2v) is 5.44. The minimum atomic E-state index is -0.842. The second kappa shape index (κ2) is 6.52. The molecule has 118 valence electrons. The summed E-state index contributed by atoms with van der Waals surface area (Å²) in [4.78, 5) is 29.3. The first-order valence-electron chi connectivity index (χ1n) is 6.80. The predicted molar refractivity (Wildman–Crippen MR) is 75.2 cm³/mol. The maximum absolute atomic E-state index is 11.8. The third-order valence-corrected chi connectivity index (χ3v) is 4.12. The van der Waals surface area contributed by atoms with E-state index < -0.39 is 23.5 Å². The number of nitrogens with one attached hydrogen (secondary N) is 2. The zero-order chi connectivity index (χ0) is 15.6. The van der Waals surface area contributed by atoms with Crippen molar-refractivity contribution < 1.29 is 14.9 Å². The van der Waals surface area contributed by atoms with Crippen LogP contribution in [0.3, 0.4) is 0 Å². The Balaban J connectivity index is 2.22. The molecule has 1 aromatic rings. The molecule has 4 atom stereocenters. The average Bonchev–Trinajstić information content (AvgIpc) is 2.42. The smallest absolute Gasteiger partial charge is 0.325 e.